The van der Waals surface area contributed by atoms with E-state index in [4.69, 9.17) is 11.6 Å². The van der Waals surface area contributed by atoms with Crippen LogP contribution in [-0.4, -0.2) is 42.6 Å². The molecule has 4 heteroatoms. The number of likely N-dealkylation sites (N-methyl/N-ethyl adjacent to an activating group) is 1. The van der Waals surface area contributed by atoms with Crippen LogP contribution in [0.5, 0.6) is 0 Å². The van der Waals surface area contributed by atoms with Crippen LogP contribution < -0.4 is 4.90 Å². The first-order chi connectivity index (χ1) is 10.5. The highest BCUT2D eigenvalue weighted by Gasteiger charge is 2.48. The molecule has 0 radical (unpaired) electrons. The molecule has 0 aliphatic carbocycles. The third-order valence-corrected chi connectivity index (χ3v) is 5.87. The third-order valence-electron chi connectivity index (χ3n) is 5.65. The van der Waals surface area contributed by atoms with Crippen LogP contribution in [0.4, 0.5) is 5.69 Å². The molecule has 2 heterocycles. The van der Waals surface area contributed by atoms with Crippen LogP contribution in [0.3, 0.4) is 0 Å². The van der Waals surface area contributed by atoms with Crippen molar-refractivity contribution < 1.29 is 9.28 Å². The van der Waals surface area contributed by atoms with Crippen LogP contribution in [-0.2, 0) is 4.79 Å². The SMILES string of the molecule is CC[N+]1(C2CCN(c3c(C)cc(Cl)cc3C)C2=O)CCCC1. The van der Waals surface area contributed by atoms with Gasteiger partial charge in [-0.1, -0.05) is 11.6 Å². The van der Waals surface area contributed by atoms with Gasteiger partial charge in [0.2, 0.25) is 0 Å². The predicted octanol–water partition coefficient (Wildman–Crippen LogP) is 3.69. The Kier molecular flexibility index (Phi) is 4.21. The van der Waals surface area contributed by atoms with Crippen molar-refractivity contribution in [3.63, 3.8) is 0 Å². The Hall–Kier alpha value is -1.06. The van der Waals surface area contributed by atoms with Gasteiger partial charge in [-0.05, 0) is 44.0 Å². The van der Waals surface area contributed by atoms with Gasteiger partial charge in [0.1, 0.15) is 0 Å². The van der Waals surface area contributed by atoms with Crippen molar-refractivity contribution in [3.05, 3.63) is 28.3 Å². The lowest BCUT2D eigenvalue weighted by Gasteiger charge is -2.38. The second-order valence-electron chi connectivity index (χ2n) is 6.87. The van der Waals surface area contributed by atoms with E-state index < -0.39 is 0 Å². The Morgan fingerprint density at radius 2 is 1.82 bits per heavy atom. The zero-order valence-corrected chi connectivity index (χ0v) is 14.6. The van der Waals surface area contributed by atoms with Gasteiger partial charge < -0.3 is 9.38 Å². The highest BCUT2D eigenvalue weighted by atomic mass is 35.5. The molecule has 0 N–H and O–H groups in total. The third kappa shape index (κ3) is 2.44. The van der Waals surface area contributed by atoms with Crippen LogP contribution in [0, 0.1) is 13.8 Å². The van der Waals surface area contributed by atoms with Crippen molar-refractivity contribution in [2.24, 2.45) is 0 Å². The monoisotopic (exact) mass is 321 g/mol. The molecule has 0 bridgehead atoms. The van der Waals surface area contributed by atoms with E-state index in [9.17, 15) is 4.79 Å². The normalized spacial score (nSPS) is 24.3. The van der Waals surface area contributed by atoms with Gasteiger partial charge in [-0.25, -0.2) is 0 Å². The molecule has 3 rings (SSSR count). The highest BCUT2D eigenvalue weighted by Crippen LogP contribution is 2.36. The molecule has 1 unspecified atom stereocenters. The van der Waals surface area contributed by atoms with Gasteiger partial charge in [-0.15, -0.1) is 0 Å². The molecule has 3 nitrogen and oxygen atoms in total. The molecule has 2 saturated heterocycles. The molecule has 0 aromatic heterocycles. The number of aryl methyl sites for hydroxylation is 2. The Morgan fingerprint density at radius 1 is 1.23 bits per heavy atom. The number of amides is 1. The lowest BCUT2D eigenvalue weighted by Crippen LogP contribution is -2.56. The Labute approximate surface area is 138 Å². The number of anilines is 1. The summed E-state index contributed by atoms with van der Waals surface area (Å²) < 4.78 is 1.00. The minimum atomic E-state index is 0.155. The van der Waals surface area contributed by atoms with E-state index in [2.05, 4.69) is 20.8 Å². The van der Waals surface area contributed by atoms with E-state index in [0.717, 1.165) is 45.8 Å². The summed E-state index contributed by atoms with van der Waals surface area (Å²) in [5.74, 6) is 0.317. The first kappa shape index (κ1) is 15.8. The number of quaternary nitrogens is 1. The molecule has 0 spiro atoms. The summed E-state index contributed by atoms with van der Waals surface area (Å²) in [6, 6.07) is 4.08. The number of nitrogens with zero attached hydrogens (tertiary/aromatic N) is 2. The average molecular weight is 322 g/mol. The lowest BCUT2D eigenvalue weighted by molar-refractivity contribution is -0.929. The standard InChI is InChI=1S/C18H26ClN2O/c1-4-21(9-5-6-10-21)16-7-8-20(18(16)22)17-13(2)11-15(19)12-14(17)3/h11-12,16H,4-10H2,1-3H3/q+1. The van der Waals surface area contributed by atoms with Crippen LogP contribution in [0.25, 0.3) is 0 Å². The number of rotatable bonds is 3. The number of hydrogen-bond acceptors (Lipinski definition) is 1. The summed E-state index contributed by atoms with van der Waals surface area (Å²) in [7, 11) is 0. The van der Waals surface area contributed by atoms with E-state index >= 15 is 0 Å². The van der Waals surface area contributed by atoms with Crippen molar-refractivity contribution in [2.45, 2.75) is 46.1 Å². The van der Waals surface area contributed by atoms with Crippen molar-refractivity contribution in [2.75, 3.05) is 31.1 Å². The van der Waals surface area contributed by atoms with Crippen molar-refractivity contribution in [1.82, 2.24) is 0 Å². The molecule has 2 aliphatic heterocycles. The van der Waals surface area contributed by atoms with Crippen LogP contribution in [0.15, 0.2) is 12.1 Å². The van der Waals surface area contributed by atoms with Gasteiger partial charge in [-0.3, -0.25) is 4.79 Å². The van der Waals surface area contributed by atoms with Gasteiger partial charge in [0.05, 0.1) is 19.6 Å². The average Bonchev–Trinajstić information content (AvgIpc) is 3.06. The minimum absolute atomic E-state index is 0.155. The number of benzene rings is 1. The number of likely N-dealkylation sites (tertiary alicyclic amines) is 1. The fourth-order valence-corrected chi connectivity index (χ4v) is 4.86. The summed E-state index contributed by atoms with van der Waals surface area (Å²) >= 11 is 6.14. The molecule has 1 aromatic carbocycles. The molecule has 2 aliphatic rings. The molecule has 120 valence electrons. The van der Waals surface area contributed by atoms with Crippen LogP contribution >= 0.6 is 11.6 Å². The number of halogens is 1. The van der Waals surface area contributed by atoms with E-state index in [1.807, 2.05) is 17.0 Å². The largest absolute Gasteiger partial charge is 0.314 e. The Balaban J connectivity index is 1.91. The van der Waals surface area contributed by atoms with Crippen LogP contribution in [0.2, 0.25) is 5.02 Å². The zero-order chi connectivity index (χ0) is 15.9. The topological polar surface area (TPSA) is 20.3 Å². The van der Waals surface area contributed by atoms with Crippen LogP contribution in [0.1, 0.15) is 37.3 Å². The summed E-state index contributed by atoms with van der Waals surface area (Å²) in [5.41, 5.74) is 3.28. The van der Waals surface area contributed by atoms with Gasteiger partial charge >= 0.3 is 0 Å². The molecule has 1 atom stereocenters. The van der Waals surface area contributed by atoms with Crippen molar-refractivity contribution >= 4 is 23.2 Å². The van der Waals surface area contributed by atoms with Gasteiger partial charge in [0.15, 0.2) is 6.04 Å². The maximum absolute atomic E-state index is 13.1. The maximum Gasteiger partial charge on any atom is 0.285 e. The molecule has 1 aromatic rings. The van der Waals surface area contributed by atoms with Crippen molar-refractivity contribution in [1.29, 1.82) is 0 Å². The number of hydrogen-bond donors (Lipinski definition) is 0. The molecule has 22 heavy (non-hydrogen) atoms. The Bertz CT molecular complexity index is 570. The summed E-state index contributed by atoms with van der Waals surface area (Å²) in [5, 5.41) is 0.749. The maximum atomic E-state index is 13.1. The van der Waals surface area contributed by atoms with Gasteiger partial charge in [0, 0.05) is 36.5 Å². The van der Waals surface area contributed by atoms with E-state index in [0.29, 0.717) is 5.91 Å². The van der Waals surface area contributed by atoms with E-state index in [1.165, 1.54) is 25.9 Å². The highest BCUT2D eigenvalue weighted by molar-refractivity contribution is 6.30. The fraction of sp³-hybridized carbons (Fsp3) is 0.611. The Morgan fingerprint density at radius 3 is 2.36 bits per heavy atom. The molecular formula is C18H26ClN2O+. The lowest BCUT2D eigenvalue weighted by atomic mass is 10.1. The zero-order valence-electron chi connectivity index (χ0n) is 13.9. The smallest absolute Gasteiger partial charge is 0.285 e. The molecule has 1 amide bonds. The molecule has 2 fully saturated rings. The quantitative estimate of drug-likeness (QED) is 0.777. The van der Waals surface area contributed by atoms with E-state index in [-0.39, 0.29) is 6.04 Å². The van der Waals surface area contributed by atoms with Gasteiger partial charge in [-0.2, -0.15) is 0 Å². The minimum Gasteiger partial charge on any atom is -0.314 e. The fourth-order valence-electron chi connectivity index (χ4n) is 4.54. The first-order valence-electron chi connectivity index (χ1n) is 8.42. The summed E-state index contributed by atoms with van der Waals surface area (Å²) in [6.07, 6.45) is 3.50. The van der Waals surface area contributed by atoms with Crippen molar-refractivity contribution in [3.8, 4) is 0 Å². The van der Waals surface area contributed by atoms with Gasteiger partial charge in [0.25, 0.3) is 5.91 Å². The number of carbonyl (C=O) groups is 1. The number of carbonyl (C=O) groups excluding carboxylic acids is 1. The second kappa shape index (κ2) is 5.86. The summed E-state index contributed by atoms with van der Waals surface area (Å²) in [6.45, 7) is 10.6. The second-order valence-corrected chi connectivity index (χ2v) is 7.31. The predicted molar refractivity (Wildman–Crippen MR) is 91.5 cm³/mol. The first-order valence-corrected chi connectivity index (χ1v) is 8.80. The molecular weight excluding hydrogens is 296 g/mol. The summed E-state index contributed by atoms with van der Waals surface area (Å²) in [4.78, 5) is 15.1. The molecule has 0 saturated carbocycles. The van der Waals surface area contributed by atoms with E-state index in [1.54, 1.807) is 0 Å².